The molecule has 0 atom stereocenters. The Labute approximate surface area is 144 Å². The van der Waals surface area contributed by atoms with E-state index in [0.717, 1.165) is 43.9 Å². The van der Waals surface area contributed by atoms with Crippen molar-refractivity contribution in [2.45, 2.75) is 59.0 Å². The minimum absolute atomic E-state index is 0. The maximum atomic E-state index is 12.4. The summed E-state index contributed by atoms with van der Waals surface area (Å²) in [6.07, 6.45) is 4.82. The molecular weight excluding hydrogens is 325 g/mol. The van der Waals surface area contributed by atoms with Crippen LogP contribution < -0.4 is 11.1 Å². The van der Waals surface area contributed by atoms with Gasteiger partial charge in [0.15, 0.2) is 5.82 Å². The number of hydrogen-bond donors (Lipinski definition) is 2. The van der Waals surface area contributed by atoms with E-state index in [4.69, 9.17) is 5.73 Å². The standard InChI is InChI=1S/C14H25N5O.2ClH/c1-3-14(4-2,10-15)13(20)16-9-12-18-17-11-7-5-6-8-19(11)12;;/h3-10,15H2,1-2H3,(H,16,20);2*1H. The average molecular weight is 352 g/mol. The Kier molecular flexibility index (Phi) is 8.96. The van der Waals surface area contributed by atoms with Crippen molar-refractivity contribution >= 4 is 30.7 Å². The van der Waals surface area contributed by atoms with E-state index in [0.29, 0.717) is 13.1 Å². The fourth-order valence-corrected chi connectivity index (χ4v) is 2.80. The lowest BCUT2D eigenvalue weighted by molar-refractivity contribution is -0.131. The molecule has 22 heavy (non-hydrogen) atoms. The van der Waals surface area contributed by atoms with Gasteiger partial charge in [0.2, 0.25) is 5.91 Å². The molecule has 0 aliphatic carbocycles. The summed E-state index contributed by atoms with van der Waals surface area (Å²) in [5.41, 5.74) is 5.34. The first-order chi connectivity index (χ1) is 9.66. The Morgan fingerprint density at radius 2 is 1.95 bits per heavy atom. The molecule has 128 valence electrons. The van der Waals surface area contributed by atoms with E-state index in [1.165, 1.54) is 6.42 Å². The number of aryl methyl sites for hydroxylation is 1. The van der Waals surface area contributed by atoms with Crippen molar-refractivity contribution in [2.24, 2.45) is 11.1 Å². The average Bonchev–Trinajstić information content (AvgIpc) is 2.91. The number of nitrogens with two attached hydrogens (primary N) is 1. The van der Waals surface area contributed by atoms with Crippen molar-refractivity contribution in [2.75, 3.05) is 6.54 Å². The van der Waals surface area contributed by atoms with Gasteiger partial charge in [-0.2, -0.15) is 0 Å². The van der Waals surface area contributed by atoms with Gasteiger partial charge in [-0.3, -0.25) is 4.79 Å². The molecule has 0 bridgehead atoms. The quantitative estimate of drug-likeness (QED) is 0.818. The molecule has 1 amide bonds. The number of nitrogens with zero attached hydrogens (tertiary/aromatic N) is 3. The first-order valence-electron chi connectivity index (χ1n) is 7.56. The van der Waals surface area contributed by atoms with E-state index < -0.39 is 5.41 Å². The van der Waals surface area contributed by atoms with Gasteiger partial charge in [0.25, 0.3) is 0 Å². The van der Waals surface area contributed by atoms with Gasteiger partial charge in [-0.15, -0.1) is 35.0 Å². The predicted octanol–water partition coefficient (Wildman–Crippen LogP) is 1.84. The molecule has 1 aliphatic heterocycles. The summed E-state index contributed by atoms with van der Waals surface area (Å²) in [6, 6.07) is 0. The van der Waals surface area contributed by atoms with Gasteiger partial charge >= 0.3 is 0 Å². The van der Waals surface area contributed by atoms with E-state index >= 15 is 0 Å². The van der Waals surface area contributed by atoms with Crippen LogP contribution in [-0.2, 0) is 24.3 Å². The minimum Gasteiger partial charge on any atom is -0.348 e. The summed E-state index contributed by atoms with van der Waals surface area (Å²) in [5, 5.41) is 11.4. The zero-order valence-electron chi connectivity index (χ0n) is 13.3. The van der Waals surface area contributed by atoms with Crippen molar-refractivity contribution in [3.63, 3.8) is 0 Å². The Morgan fingerprint density at radius 1 is 1.27 bits per heavy atom. The topological polar surface area (TPSA) is 85.8 Å². The van der Waals surface area contributed by atoms with Gasteiger partial charge in [-0.25, -0.2) is 0 Å². The van der Waals surface area contributed by atoms with Crippen LogP contribution in [0, 0.1) is 5.41 Å². The Hall–Kier alpha value is -0.850. The zero-order valence-corrected chi connectivity index (χ0v) is 14.9. The SMILES string of the molecule is CCC(CC)(CN)C(=O)NCc1nnc2n1CCCC2.Cl.Cl. The monoisotopic (exact) mass is 351 g/mol. The van der Waals surface area contributed by atoms with Gasteiger partial charge in [0, 0.05) is 19.5 Å². The second-order valence-electron chi connectivity index (χ2n) is 5.52. The summed E-state index contributed by atoms with van der Waals surface area (Å²) in [4.78, 5) is 12.4. The van der Waals surface area contributed by atoms with E-state index in [1.807, 2.05) is 13.8 Å². The molecule has 0 spiro atoms. The molecule has 0 aromatic carbocycles. The summed E-state index contributed by atoms with van der Waals surface area (Å²) in [7, 11) is 0. The molecule has 3 N–H and O–H groups in total. The number of amides is 1. The molecule has 0 radical (unpaired) electrons. The molecule has 1 aromatic rings. The zero-order chi connectivity index (χ0) is 14.6. The van der Waals surface area contributed by atoms with Crippen LogP contribution in [0.25, 0.3) is 0 Å². The van der Waals surface area contributed by atoms with Crippen LogP contribution in [0.1, 0.15) is 51.2 Å². The molecule has 8 heteroatoms. The number of fused-ring (bicyclic) bond motifs is 1. The third-order valence-electron chi connectivity index (χ3n) is 4.57. The molecule has 1 aliphatic rings. The summed E-state index contributed by atoms with van der Waals surface area (Å²) >= 11 is 0. The normalized spacial score (nSPS) is 13.6. The fourth-order valence-electron chi connectivity index (χ4n) is 2.80. The molecule has 1 aromatic heterocycles. The lowest BCUT2D eigenvalue weighted by Gasteiger charge is -2.28. The second kappa shape index (κ2) is 9.33. The van der Waals surface area contributed by atoms with E-state index in [1.54, 1.807) is 0 Å². The van der Waals surface area contributed by atoms with Gasteiger partial charge in [-0.1, -0.05) is 13.8 Å². The maximum absolute atomic E-state index is 12.4. The van der Waals surface area contributed by atoms with E-state index in [2.05, 4.69) is 20.1 Å². The molecule has 0 fully saturated rings. The molecule has 0 saturated carbocycles. The Morgan fingerprint density at radius 3 is 2.55 bits per heavy atom. The van der Waals surface area contributed by atoms with Crippen molar-refractivity contribution in [3.05, 3.63) is 11.6 Å². The van der Waals surface area contributed by atoms with Crippen molar-refractivity contribution in [1.82, 2.24) is 20.1 Å². The molecular formula is C14H27Cl2N5O. The number of nitrogens with one attached hydrogen (secondary N) is 1. The molecule has 2 heterocycles. The van der Waals surface area contributed by atoms with Crippen LogP contribution in [0.4, 0.5) is 0 Å². The minimum atomic E-state index is -0.454. The Bertz CT molecular complexity index is 466. The number of halogens is 2. The van der Waals surface area contributed by atoms with Crippen LogP contribution >= 0.6 is 24.8 Å². The van der Waals surface area contributed by atoms with Crippen LogP contribution in [-0.4, -0.2) is 27.2 Å². The van der Waals surface area contributed by atoms with Crippen LogP contribution in [0.15, 0.2) is 0 Å². The van der Waals surface area contributed by atoms with Crippen molar-refractivity contribution in [3.8, 4) is 0 Å². The van der Waals surface area contributed by atoms with Crippen LogP contribution in [0.5, 0.6) is 0 Å². The smallest absolute Gasteiger partial charge is 0.227 e. The molecule has 2 rings (SSSR count). The summed E-state index contributed by atoms with van der Waals surface area (Å²) in [6.45, 7) is 5.79. The lowest BCUT2D eigenvalue weighted by Crippen LogP contribution is -2.45. The third-order valence-corrected chi connectivity index (χ3v) is 4.57. The molecule has 6 nitrogen and oxygen atoms in total. The van der Waals surface area contributed by atoms with Gasteiger partial charge in [-0.05, 0) is 25.7 Å². The highest BCUT2D eigenvalue weighted by atomic mass is 35.5. The van der Waals surface area contributed by atoms with E-state index in [-0.39, 0.29) is 30.7 Å². The summed E-state index contributed by atoms with van der Waals surface area (Å²) < 4.78 is 2.13. The number of carbonyl (C=O) groups is 1. The fraction of sp³-hybridized carbons (Fsp3) is 0.786. The van der Waals surface area contributed by atoms with E-state index in [9.17, 15) is 4.79 Å². The largest absolute Gasteiger partial charge is 0.348 e. The first kappa shape index (κ1) is 21.1. The maximum Gasteiger partial charge on any atom is 0.227 e. The Balaban J connectivity index is 0.00000220. The highest BCUT2D eigenvalue weighted by Crippen LogP contribution is 2.25. The predicted molar refractivity (Wildman–Crippen MR) is 91.4 cm³/mol. The first-order valence-corrected chi connectivity index (χ1v) is 7.56. The highest BCUT2D eigenvalue weighted by molar-refractivity contribution is 5.85. The van der Waals surface area contributed by atoms with Gasteiger partial charge < -0.3 is 15.6 Å². The number of hydrogen-bond acceptors (Lipinski definition) is 4. The highest BCUT2D eigenvalue weighted by Gasteiger charge is 2.33. The van der Waals surface area contributed by atoms with Crippen LogP contribution in [0.2, 0.25) is 0 Å². The third kappa shape index (κ3) is 4.12. The second-order valence-corrected chi connectivity index (χ2v) is 5.52. The number of aromatic nitrogens is 3. The number of rotatable bonds is 6. The number of carbonyl (C=O) groups excluding carboxylic acids is 1. The van der Waals surface area contributed by atoms with Crippen LogP contribution in [0.3, 0.4) is 0 Å². The van der Waals surface area contributed by atoms with Gasteiger partial charge in [0.1, 0.15) is 5.82 Å². The lowest BCUT2D eigenvalue weighted by atomic mass is 9.81. The molecule has 0 saturated heterocycles. The summed E-state index contributed by atoms with van der Waals surface area (Å²) in [5.74, 6) is 1.92. The van der Waals surface area contributed by atoms with Gasteiger partial charge in [0.05, 0.1) is 12.0 Å². The molecule has 0 unspecified atom stereocenters. The van der Waals surface area contributed by atoms with Crippen molar-refractivity contribution in [1.29, 1.82) is 0 Å². The van der Waals surface area contributed by atoms with Crippen molar-refractivity contribution < 1.29 is 4.79 Å².